The van der Waals surface area contributed by atoms with Gasteiger partial charge in [-0.2, -0.15) is 0 Å². The molecule has 0 aromatic heterocycles. The number of imide groups is 1. The molecule has 3 aliphatic carbocycles. The van der Waals surface area contributed by atoms with Crippen molar-refractivity contribution in [2.24, 2.45) is 11.8 Å². The van der Waals surface area contributed by atoms with E-state index in [9.17, 15) is 19.2 Å². The molecule has 1 aliphatic heterocycles. The van der Waals surface area contributed by atoms with E-state index in [0.29, 0.717) is 32.8 Å². The van der Waals surface area contributed by atoms with Crippen LogP contribution in [-0.2, 0) is 28.9 Å². The summed E-state index contributed by atoms with van der Waals surface area (Å²) in [5, 5.41) is 0.463. The number of hydrogen-bond acceptors (Lipinski definition) is 5. The Balaban J connectivity index is 1.34. The summed E-state index contributed by atoms with van der Waals surface area (Å²) >= 11 is 20.7. The van der Waals surface area contributed by atoms with E-state index in [2.05, 4.69) is 0 Å². The summed E-state index contributed by atoms with van der Waals surface area (Å²) in [6.07, 6.45) is -1.15. The van der Waals surface area contributed by atoms with E-state index in [4.69, 9.17) is 39.5 Å². The van der Waals surface area contributed by atoms with E-state index in [-0.39, 0.29) is 0 Å². The molecule has 1 saturated heterocycles. The van der Waals surface area contributed by atoms with Crippen LogP contribution in [0.4, 0.5) is 0 Å². The molecule has 2 bridgehead atoms. The zero-order valence-electron chi connectivity index (χ0n) is 20.9. The molecule has 4 aliphatic rings. The van der Waals surface area contributed by atoms with Crippen molar-refractivity contribution in [3.8, 4) is 0 Å². The second-order valence-corrected chi connectivity index (χ2v) is 11.8. The fraction of sp³-hybridized carbons (Fsp3) is 0.267. The third kappa shape index (κ3) is 3.41. The van der Waals surface area contributed by atoms with E-state index in [1.54, 1.807) is 12.1 Å². The first kappa shape index (κ1) is 26.1. The van der Waals surface area contributed by atoms with Crippen molar-refractivity contribution in [3.63, 3.8) is 0 Å². The number of benzene rings is 3. The standard InChI is InChI=1S/C30H22Cl3NO5/c1-15(28(38)39-16(2)25(35)17-11-13-18(31)14-12-17)34-26(36)23-24(27(34)37)30(33)20-8-4-3-7-19(20)29(23,32)21-9-5-6-10-22(21)30/h3-16,23-24H,1-2H3/t15-,16-,23-,24+,29?,30?/m0/s1. The molecule has 1 fully saturated rings. The largest absolute Gasteiger partial charge is 0.453 e. The number of likely N-dealkylation sites (tertiary alicyclic amines) is 1. The van der Waals surface area contributed by atoms with Gasteiger partial charge in [-0.05, 0) is 60.4 Å². The highest BCUT2D eigenvalue weighted by atomic mass is 35.5. The van der Waals surface area contributed by atoms with Crippen molar-refractivity contribution in [1.82, 2.24) is 4.90 Å². The van der Waals surface area contributed by atoms with Crippen molar-refractivity contribution in [2.45, 2.75) is 35.7 Å². The van der Waals surface area contributed by atoms with Gasteiger partial charge in [0.2, 0.25) is 17.6 Å². The maximum absolute atomic E-state index is 14.0. The van der Waals surface area contributed by atoms with Crippen LogP contribution in [0.2, 0.25) is 5.02 Å². The Kier molecular flexibility index (Phi) is 5.96. The van der Waals surface area contributed by atoms with Crippen LogP contribution >= 0.6 is 34.8 Å². The minimum atomic E-state index is -1.35. The minimum Gasteiger partial charge on any atom is -0.453 e. The second kappa shape index (κ2) is 8.91. The summed E-state index contributed by atoms with van der Waals surface area (Å²) in [5.41, 5.74) is 2.99. The Morgan fingerprint density at radius 1 is 0.769 bits per heavy atom. The fourth-order valence-corrected chi connectivity index (χ4v) is 7.57. The molecule has 0 unspecified atom stereocenters. The quantitative estimate of drug-likeness (QED) is 0.173. The predicted molar refractivity (Wildman–Crippen MR) is 146 cm³/mol. The molecular weight excluding hydrogens is 561 g/mol. The lowest BCUT2D eigenvalue weighted by atomic mass is 9.54. The van der Waals surface area contributed by atoms with Crippen LogP contribution < -0.4 is 0 Å². The summed E-state index contributed by atoms with van der Waals surface area (Å²) in [5.74, 6) is -4.59. The van der Waals surface area contributed by atoms with Crippen molar-refractivity contribution < 1.29 is 23.9 Å². The summed E-state index contributed by atoms with van der Waals surface area (Å²) < 4.78 is 5.43. The van der Waals surface area contributed by atoms with Gasteiger partial charge >= 0.3 is 5.97 Å². The number of carbonyl (C=O) groups excluding carboxylic acids is 4. The number of esters is 1. The highest BCUT2D eigenvalue weighted by Gasteiger charge is 2.73. The molecule has 198 valence electrons. The molecule has 0 N–H and O–H groups in total. The highest BCUT2D eigenvalue weighted by Crippen LogP contribution is 2.69. The molecule has 0 radical (unpaired) electrons. The summed E-state index contributed by atoms with van der Waals surface area (Å²) in [6.45, 7) is 2.84. The van der Waals surface area contributed by atoms with E-state index in [1.807, 2.05) is 48.5 Å². The number of nitrogens with zero attached hydrogens (tertiary/aromatic N) is 1. The molecular formula is C30H22Cl3NO5. The van der Waals surface area contributed by atoms with Gasteiger partial charge in [-0.25, -0.2) is 4.79 Å². The number of rotatable bonds is 5. The third-order valence-electron chi connectivity index (χ3n) is 8.14. The van der Waals surface area contributed by atoms with Crippen LogP contribution in [0.15, 0.2) is 72.8 Å². The van der Waals surface area contributed by atoms with Crippen LogP contribution in [0.25, 0.3) is 0 Å². The summed E-state index contributed by atoms with van der Waals surface area (Å²) in [4.78, 5) is 52.2. The normalized spacial score (nSPS) is 27.9. The summed E-state index contributed by atoms with van der Waals surface area (Å²) in [7, 11) is 0. The van der Waals surface area contributed by atoms with Crippen LogP contribution in [0.3, 0.4) is 0 Å². The van der Waals surface area contributed by atoms with Crippen LogP contribution in [0.5, 0.6) is 0 Å². The van der Waals surface area contributed by atoms with Crippen LogP contribution in [-0.4, -0.2) is 40.6 Å². The zero-order valence-corrected chi connectivity index (χ0v) is 23.1. The van der Waals surface area contributed by atoms with Gasteiger partial charge in [0.05, 0.1) is 11.8 Å². The van der Waals surface area contributed by atoms with Gasteiger partial charge in [-0.15, -0.1) is 23.2 Å². The lowest BCUT2D eigenvalue weighted by molar-refractivity contribution is -0.159. The van der Waals surface area contributed by atoms with Crippen molar-refractivity contribution in [3.05, 3.63) is 106 Å². The number of carbonyl (C=O) groups is 4. The SMILES string of the molecule is C[C@H](OC(=O)[C@H](C)N1C(=O)[C@@H]2[C@H](C1=O)C1(Cl)c3ccccc3C2(Cl)c2ccccc21)C(=O)c1ccc(Cl)cc1. The number of ketones is 1. The van der Waals surface area contributed by atoms with E-state index < -0.39 is 57.3 Å². The first-order valence-corrected chi connectivity index (χ1v) is 13.6. The average Bonchev–Trinajstić information content (AvgIpc) is 3.22. The highest BCUT2D eigenvalue weighted by molar-refractivity contribution is 6.36. The zero-order chi connectivity index (χ0) is 27.9. The molecule has 7 rings (SSSR count). The monoisotopic (exact) mass is 581 g/mol. The van der Waals surface area contributed by atoms with E-state index in [0.717, 1.165) is 4.90 Å². The van der Waals surface area contributed by atoms with E-state index >= 15 is 0 Å². The lowest BCUT2D eigenvalue weighted by Crippen LogP contribution is -2.57. The van der Waals surface area contributed by atoms with Crippen molar-refractivity contribution in [1.29, 1.82) is 0 Å². The molecule has 6 nitrogen and oxygen atoms in total. The predicted octanol–water partition coefficient (Wildman–Crippen LogP) is 5.44. The van der Waals surface area contributed by atoms with Gasteiger partial charge in [0, 0.05) is 10.6 Å². The molecule has 2 amide bonds. The molecule has 4 atom stereocenters. The van der Waals surface area contributed by atoms with Gasteiger partial charge < -0.3 is 4.74 Å². The first-order chi connectivity index (χ1) is 18.5. The topological polar surface area (TPSA) is 80.8 Å². The minimum absolute atomic E-state index is 0.312. The molecule has 39 heavy (non-hydrogen) atoms. The molecule has 3 aromatic rings. The third-order valence-corrected chi connectivity index (χ3v) is 9.68. The van der Waals surface area contributed by atoms with Gasteiger partial charge in [0.15, 0.2) is 6.10 Å². The van der Waals surface area contributed by atoms with Gasteiger partial charge in [0.25, 0.3) is 0 Å². The maximum Gasteiger partial charge on any atom is 0.329 e. The first-order valence-electron chi connectivity index (χ1n) is 12.5. The molecule has 1 heterocycles. The van der Waals surface area contributed by atoms with Crippen molar-refractivity contribution in [2.75, 3.05) is 0 Å². The van der Waals surface area contributed by atoms with E-state index in [1.165, 1.54) is 26.0 Å². The molecule has 0 saturated carbocycles. The summed E-state index contributed by atoms with van der Waals surface area (Å²) in [6, 6.07) is 19.5. The maximum atomic E-state index is 14.0. The Bertz CT molecular complexity index is 1450. The lowest BCUT2D eigenvalue weighted by Gasteiger charge is -2.54. The Hall–Kier alpha value is -3.19. The molecule has 0 spiro atoms. The number of amides is 2. The van der Waals surface area contributed by atoms with Crippen LogP contribution in [0, 0.1) is 11.8 Å². The Labute approximate surface area is 239 Å². The van der Waals surface area contributed by atoms with Crippen LogP contribution in [0.1, 0.15) is 46.5 Å². The number of ether oxygens (including phenoxy) is 1. The average molecular weight is 583 g/mol. The number of Topliss-reactive ketones (excluding diaryl/α,β-unsaturated/α-hetero) is 1. The number of hydrogen-bond donors (Lipinski definition) is 0. The number of alkyl halides is 2. The number of halogens is 3. The van der Waals surface area contributed by atoms with Gasteiger partial charge in [-0.3, -0.25) is 19.3 Å². The Morgan fingerprint density at radius 3 is 1.59 bits per heavy atom. The second-order valence-electron chi connectivity index (χ2n) is 10.1. The molecule has 3 aromatic carbocycles. The fourth-order valence-electron chi connectivity index (χ4n) is 6.35. The molecule has 9 heteroatoms. The van der Waals surface area contributed by atoms with Gasteiger partial charge in [0.1, 0.15) is 15.8 Å². The van der Waals surface area contributed by atoms with Gasteiger partial charge in [-0.1, -0.05) is 60.1 Å². The van der Waals surface area contributed by atoms with Crippen molar-refractivity contribution >= 4 is 58.4 Å². The Morgan fingerprint density at radius 2 is 1.18 bits per heavy atom. The smallest absolute Gasteiger partial charge is 0.329 e.